The number of Topliss-reactive ketones (excluding diaryl/α,β-unsaturated/α-hetero) is 1. The molecule has 3 rings (SSSR count). The van der Waals surface area contributed by atoms with Gasteiger partial charge >= 0.3 is 5.97 Å². The monoisotopic (exact) mass is 567 g/mol. The van der Waals surface area contributed by atoms with Gasteiger partial charge in [-0.25, -0.2) is 0 Å². The predicted octanol–water partition coefficient (Wildman–Crippen LogP) is 7.61. The second-order valence-corrected chi connectivity index (χ2v) is 11.9. The number of hydrogen-bond donors (Lipinski definition) is 0. The van der Waals surface area contributed by atoms with Gasteiger partial charge in [0.25, 0.3) is 0 Å². The van der Waals surface area contributed by atoms with E-state index in [9.17, 15) is 9.59 Å². The van der Waals surface area contributed by atoms with Gasteiger partial charge in [-0.2, -0.15) is 0 Å². The summed E-state index contributed by atoms with van der Waals surface area (Å²) in [4.78, 5) is 25.7. The lowest BCUT2D eigenvalue weighted by atomic mass is 9.78. The Kier molecular flexibility index (Phi) is 14.9. The summed E-state index contributed by atoms with van der Waals surface area (Å²) in [6, 6.07) is 16.8. The normalized spacial score (nSPS) is 16.0. The molecule has 2 unspecified atom stereocenters. The molecule has 1 saturated heterocycles. The minimum atomic E-state index is -0.186. The SMILES string of the molecule is CCC(C)C.CCCC(=O)CCCOc1ccc(C(C)(C)c2ccc(OCCOC(=O)CCN3CC3C)cc2)cc1. The lowest BCUT2D eigenvalue weighted by molar-refractivity contribution is -0.144. The van der Waals surface area contributed by atoms with Gasteiger partial charge in [0, 0.05) is 37.4 Å². The summed E-state index contributed by atoms with van der Waals surface area (Å²) in [5.41, 5.74) is 2.17. The van der Waals surface area contributed by atoms with Crippen LogP contribution in [0.1, 0.15) is 98.1 Å². The van der Waals surface area contributed by atoms with Crippen LogP contribution in [0.4, 0.5) is 0 Å². The van der Waals surface area contributed by atoms with Crippen molar-refractivity contribution < 1.29 is 23.8 Å². The first-order chi connectivity index (χ1) is 19.6. The summed E-state index contributed by atoms with van der Waals surface area (Å²) in [7, 11) is 0. The Labute approximate surface area is 248 Å². The van der Waals surface area contributed by atoms with Gasteiger partial charge in [-0.1, -0.05) is 72.2 Å². The molecule has 0 aromatic heterocycles. The average Bonchev–Trinajstić information content (AvgIpc) is 3.68. The fourth-order valence-electron chi connectivity index (χ4n) is 4.19. The summed E-state index contributed by atoms with van der Waals surface area (Å²) < 4.78 is 16.8. The third-order valence-corrected chi connectivity index (χ3v) is 7.57. The molecule has 41 heavy (non-hydrogen) atoms. The van der Waals surface area contributed by atoms with Crippen LogP contribution in [-0.2, 0) is 19.7 Å². The molecule has 2 aromatic carbocycles. The molecule has 1 heterocycles. The Morgan fingerprint density at radius 1 is 0.854 bits per heavy atom. The Bertz CT molecular complexity index is 1030. The summed E-state index contributed by atoms with van der Waals surface area (Å²) in [6.45, 7) is 18.2. The highest BCUT2D eigenvalue weighted by Gasteiger charge is 2.28. The molecule has 6 heteroatoms. The maximum atomic E-state index is 11.8. The highest BCUT2D eigenvalue weighted by Crippen LogP contribution is 2.33. The van der Waals surface area contributed by atoms with Crippen molar-refractivity contribution >= 4 is 11.8 Å². The van der Waals surface area contributed by atoms with E-state index in [0.29, 0.717) is 44.3 Å². The lowest BCUT2D eigenvalue weighted by Crippen LogP contribution is -2.19. The van der Waals surface area contributed by atoms with E-state index in [1.165, 1.54) is 17.5 Å². The predicted molar refractivity (Wildman–Crippen MR) is 167 cm³/mol. The number of esters is 1. The molecule has 0 spiro atoms. The van der Waals surface area contributed by atoms with E-state index >= 15 is 0 Å². The van der Waals surface area contributed by atoms with Gasteiger partial charge in [-0.05, 0) is 61.1 Å². The van der Waals surface area contributed by atoms with Crippen LogP contribution < -0.4 is 9.47 Å². The van der Waals surface area contributed by atoms with Crippen LogP contribution in [0, 0.1) is 5.92 Å². The van der Waals surface area contributed by atoms with E-state index < -0.39 is 0 Å². The van der Waals surface area contributed by atoms with Crippen molar-refractivity contribution in [2.45, 2.75) is 98.4 Å². The number of carbonyl (C=O) groups excluding carboxylic acids is 2. The zero-order valence-corrected chi connectivity index (χ0v) is 26.5. The first-order valence-corrected chi connectivity index (χ1v) is 15.4. The summed E-state index contributed by atoms with van der Waals surface area (Å²) >= 11 is 0. The number of carbonyl (C=O) groups is 2. The minimum Gasteiger partial charge on any atom is -0.494 e. The zero-order chi connectivity index (χ0) is 30.3. The lowest BCUT2D eigenvalue weighted by Gasteiger charge is -2.26. The van der Waals surface area contributed by atoms with E-state index in [1.807, 2.05) is 31.2 Å². The fourth-order valence-corrected chi connectivity index (χ4v) is 4.19. The van der Waals surface area contributed by atoms with Crippen LogP contribution in [0.25, 0.3) is 0 Å². The van der Waals surface area contributed by atoms with Crippen molar-refractivity contribution in [1.29, 1.82) is 0 Å². The highest BCUT2D eigenvalue weighted by atomic mass is 16.6. The van der Waals surface area contributed by atoms with Crippen LogP contribution >= 0.6 is 0 Å². The molecule has 1 aliphatic heterocycles. The Hall–Kier alpha value is -2.86. The zero-order valence-electron chi connectivity index (χ0n) is 26.5. The first kappa shape index (κ1) is 34.3. The molecule has 6 nitrogen and oxygen atoms in total. The molecule has 1 aliphatic rings. The molecule has 1 fully saturated rings. The average molecular weight is 568 g/mol. The number of hydrogen-bond acceptors (Lipinski definition) is 6. The third kappa shape index (κ3) is 13.1. The summed E-state index contributed by atoms with van der Waals surface area (Å²) in [5.74, 6) is 2.60. The van der Waals surface area contributed by atoms with Crippen molar-refractivity contribution in [2.24, 2.45) is 5.92 Å². The first-order valence-electron chi connectivity index (χ1n) is 15.4. The third-order valence-electron chi connectivity index (χ3n) is 7.57. The van der Waals surface area contributed by atoms with E-state index in [4.69, 9.17) is 14.2 Å². The smallest absolute Gasteiger partial charge is 0.307 e. The minimum absolute atomic E-state index is 0.173. The van der Waals surface area contributed by atoms with Crippen LogP contribution in [0.15, 0.2) is 48.5 Å². The van der Waals surface area contributed by atoms with Crippen molar-refractivity contribution in [3.63, 3.8) is 0 Å². The molecular formula is C35H53NO5. The van der Waals surface area contributed by atoms with Gasteiger partial charge < -0.3 is 14.2 Å². The number of benzene rings is 2. The van der Waals surface area contributed by atoms with Crippen LogP contribution in [0.2, 0.25) is 0 Å². The van der Waals surface area contributed by atoms with Crippen molar-refractivity contribution in [3.05, 3.63) is 59.7 Å². The number of nitrogens with zero attached hydrogens (tertiary/aromatic N) is 1. The molecule has 0 bridgehead atoms. The second kappa shape index (κ2) is 17.8. The number of rotatable bonds is 17. The van der Waals surface area contributed by atoms with Crippen molar-refractivity contribution in [1.82, 2.24) is 4.90 Å². The maximum absolute atomic E-state index is 11.8. The molecule has 0 amide bonds. The Morgan fingerprint density at radius 2 is 1.37 bits per heavy atom. The van der Waals surface area contributed by atoms with E-state index in [0.717, 1.165) is 43.3 Å². The summed E-state index contributed by atoms with van der Waals surface area (Å²) in [6.07, 6.45) is 4.64. The van der Waals surface area contributed by atoms with E-state index in [2.05, 4.69) is 70.7 Å². The number of ketones is 1. The van der Waals surface area contributed by atoms with Crippen molar-refractivity contribution in [2.75, 3.05) is 32.9 Å². The van der Waals surface area contributed by atoms with Gasteiger partial charge in [0.1, 0.15) is 30.5 Å². The maximum Gasteiger partial charge on any atom is 0.307 e. The fraction of sp³-hybridized carbons (Fsp3) is 0.600. The topological polar surface area (TPSA) is 64.8 Å². The molecule has 2 atom stereocenters. The van der Waals surface area contributed by atoms with Crippen LogP contribution in [0.5, 0.6) is 11.5 Å². The highest BCUT2D eigenvalue weighted by molar-refractivity contribution is 5.78. The van der Waals surface area contributed by atoms with E-state index in [1.54, 1.807) is 0 Å². The van der Waals surface area contributed by atoms with Gasteiger partial charge in [0.15, 0.2) is 0 Å². The molecule has 2 aromatic rings. The molecule has 0 radical (unpaired) electrons. The van der Waals surface area contributed by atoms with Crippen LogP contribution in [-0.4, -0.2) is 55.6 Å². The molecule has 0 N–H and O–H groups in total. The Morgan fingerprint density at radius 3 is 1.83 bits per heavy atom. The molecule has 228 valence electrons. The second-order valence-electron chi connectivity index (χ2n) is 11.9. The largest absolute Gasteiger partial charge is 0.494 e. The molecular weight excluding hydrogens is 514 g/mol. The van der Waals surface area contributed by atoms with Crippen molar-refractivity contribution in [3.8, 4) is 11.5 Å². The quantitative estimate of drug-likeness (QED) is 0.111. The Balaban J connectivity index is 0.00000108. The van der Waals surface area contributed by atoms with Crippen LogP contribution in [0.3, 0.4) is 0 Å². The number of ether oxygens (including phenoxy) is 3. The van der Waals surface area contributed by atoms with Gasteiger partial charge in [0.05, 0.1) is 13.0 Å². The van der Waals surface area contributed by atoms with Gasteiger partial charge in [-0.15, -0.1) is 0 Å². The van der Waals surface area contributed by atoms with Gasteiger partial charge in [-0.3, -0.25) is 14.5 Å². The summed E-state index contributed by atoms with van der Waals surface area (Å²) in [5, 5.41) is 0. The van der Waals surface area contributed by atoms with E-state index in [-0.39, 0.29) is 18.0 Å². The molecule has 0 saturated carbocycles. The molecule has 0 aliphatic carbocycles. The standard InChI is InChI=1S/C30H41NO5.C5H12/c1-5-7-26(32)8-6-19-34-27-13-9-24(10-14-27)30(3,4)25-11-15-28(16-12-25)35-20-21-36-29(33)17-18-31-22-23(31)2;1-4-5(2)3/h9-16,23H,5-8,17-22H2,1-4H3;5H,4H2,1-3H3. The van der Waals surface area contributed by atoms with Gasteiger partial charge in [0.2, 0.25) is 0 Å².